The highest BCUT2D eigenvalue weighted by Gasteiger charge is 2.30. The maximum atomic E-state index is 12.4. The lowest BCUT2D eigenvalue weighted by Gasteiger charge is -2.19. The molecular formula is C15H21O6PS. The summed E-state index contributed by atoms with van der Waals surface area (Å²) in [5.41, 5.74) is 0.203. The summed E-state index contributed by atoms with van der Waals surface area (Å²) in [4.78, 5) is 0.0180. The van der Waals surface area contributed by atoms with E-state index < -0.39 is 17.7 Å². The van der Waals surface area contributed by atoms with Crippen LogP contribution >= 0.6 is 7.82 Å². The summed E-state index contributed by atoms with van der Waals surface area (Å²) in [7, 11) is -7.44. The van der Waals surface area contributed by atoms with Crippen LogP contribution in [0.25, 0.3) is 5.76 Å². The first-order valence-electron chi connectivity index (χ1n) is 7.00. The molecule has 0 atom stereocenters. The number of hydrogen-bond acceptors (Lipinski definition) is 6. The van der Waals surface area contributed by atoms with Crippen LogP contribution in [0.15, 0.2) is 48.4 Å². The molecule has 0 aromatic heterocycles. The minimum atomic E-state index is -3.84. The van der Waals surface area contributed by atoms with Gasteiger partial charge in [0.2, 0.25) is 0 Å². The molecule has 1 rings (SSSR count). The minimum Gasteiger partial charge on any atom is -0.404 e. The topological polar surface area (TPSA) is 78.9 Å². The van der Waals surface area contributed by atoms with E-state index in [9.17, 15) is 13.0 Å². The summed E-state index contributed by atoms with van der Waals surface area (Å²) < 4.78 is 52.2. The van der Waals surface area contributed by atoms with E-state index in [-0.39, 0.29) is 35.2 Å². The van der Waals surface area contributed by atoms with E-state index in [1.54, 1.807) is 26.0 Å². The van der Waals surface area contributed by atoms with Crippen molar-refractivity contribution >= 4 is 23.4 Å². The fraction of sp³-hybridized carbons (Fsp3) is 0.333. The maximum Gasteiger partial charge on any atom is 0.530 e. The smallest absolute Gasteiger partial charge is 0.404 e. The predicted octanol–water partition coefficient (Wildman–Crippen LogP) is 3.81. The van der Waals surface area contributed by atoms with Gasteiger partial charge >= 0.3 is 7.82 Å². The molecule has 0 aliphatic rings. The Hall–Kier alpha value is -1.40. The van der Waals surface area contributed by atoms with Gasteiger partial charge in [-0.3, -0.25) is 9.05 Å². The van der Waals surface area contributed by atoms with Crippen LogP contribution in [0.1, 0.15) is 19.4 Å². The second-order valence-corrected chi connectivity index (χ2v) is 7.96. The molecule has 23 heavy (non-hydrogen) atoms. The minimum absolute atomic E-state index is 0.0180. The maximum absolute atomic E-state index is 12.4. The highest BCUT2D eigenvalue weighted by atomic mass is 32.2. The van der Waals surface area contributed by atoms with E-state index in [2.05, 4.69) is 13.2 Å². The highest BCUT2D eigenvalue weighted by molar-refractivity contribution is 7.91. The Morgan fingerprint density at radius 2 is 1.78 bits per heavy atom. The van der Waals surface area contributed by atoms with Crippen LogP contribution in [0.4, 0.5) is 0 Å². The van der Waals surface area contributed by atoms with E-state index in [1.165, 1.54) is 18.2 Å². The van der Waals surface area contributed by atoms with Crippen LogP contribution in [-0.4, -0.2) is 27.4 Å². The van der Waals surface area contributed by atoms with Crippen LogP contribution in [-0.2, 0) is 28.0 Å². The molecule has 0 radical (unpaired) electrons. The number of phosphoric acid groups is 1. The third-order valence-corrected chi connectivity index (χ3v) is 5.95. The van der Waals surface area contributed by atoms with Crippen molar-refractivity contribution in [2.75, 3.05) is 19.0 Å². The number of phosphoric ester groups is 1. The average Bonchev–Trinajstić information content (AvgIpc) is 2.47. The van der Waals surface area contributed by atoms with Gasteiger partial charge in [0.25, 0.3) is 0 Å². The lowest BCUT2D eigenvalue weighted by Crippen LogP contribution is -2.08. The average molecular weight is 360 g/mol. The third-order valence-electron chi connectivity index (χ3n) is 2.66. The molecule has 0 saturated carbocycles. The number of hydrogen-bond donors (Lipinski definition) is 0. The first kappa shape index (κ1) is 19.6. The first-order chi connectivity index (χ1) is 10.8. The zero-order valence-corrected chi connectivity index (χ0v) is 14.9. The fourth-order valence-electron chi connectivity index (χ4n) is 1.80. The Labute approximate surface area is 137 Å². The molecule has 6 nitrogen and oxygen atoms in total. The van der Waals surface area contributed by atoms with Crippen molar-refractivity contribution in [3.05, 3.63) is 49.1 Å². The molecule has 0 aliphatic carbocycles. The second kappa shape index (κ2) is 8.45. The van der Waals surface area contributed by atoms with Gasteiger partial charge in [-0.1, -0.05) is 24.8 Å². The zero-order valence-electron chi connectivity index (χ0n) is 13.2. The van der Waals surface area contributed by atoms with E-state index in [1.807, 2.05) is 0 Å². The van der Waals surface area contributed by atoms with Crippen LogP contribution in [0.3, 0.4) is 0 Å². The Morgan fingerprint density at radius 3 is 2.30 bits per heavy atom. The largest absolute Gasteiger partial charge is 0.530 e. The third kappa shape index (κ3) is 5.32. The monoisotopic (exact) mass is 360 g/mol. The highest BCUT2D eigenvalue weighted by Crippen LogP contribution is 2.52. The molecule has 0 bridgehead atoms. The van der Waals surface area contributed by atoms with Crippen molar-refractivity contribution < 1.29 is 26.6 Å². The zero-order chi connectivity index (χ0) is 17.5. The molecule has 0 heterocycles. The summed E-state index contributed by atoms with van der Waals surface area (Å²) in [5.74, 6) is -0.329. The van der Waals surface area contributed by atoms with E-state index in [0.29, 0.717) is 0 Å². The van der Waals surface area contributed by atoms with Crippen molar-refractivity contribution in [1.29, 1.82) is 0 Å². The van der Waals surface area contributed by atoms with Gasteiger partial charge in [0.1, 0.15) is 5.76 Å². The van der Waals surface area contributed by atoms with Crippen LogP contribution in [0.2, 0.25) is 0 Å². The van der Waals surface area contributed by atoms with E-state index in [0.717, 1.165) is 0 Å². The lowest BCUT2D eigenvalue weighted by molar-refractivity contribution is 0.159. The Balaban J connectivity index is 3.19. The summed E-state index contributed by atoms with van der Waals surface area (Å²) in [5, 5.41) is 0. The van der Waals surface area contributed by atoms with Gasteiger partial charge in [-0.05, 0) is 26.0 Å². The van der Waals surface area contributed by atoms with Crippen molar-refractivity contribution in [3.8, 4) is 0 Å². The van der Waals surface area contributed by atoms with Crippen molar-refractivity contribution in [1.82, 2.24) is 0 Å². The molecule has 1 aromatic rings. The molecule has 1 aromatic carbocycles. The molecule has 0 amide bonds. The second-order valence-electron chi connectivity index (χ2n) is 4.36. The van der Waals surface area contributed by atoms with Crippen molar-refractivity contribution in [3.63, 3.8) is 0 Å². The lowest BCUT2D eigenvalue weighted by atomic mass is 10.2. The van der Waals surface area contributed by atoms with Gasteiger partial charge in [-0.15, -0.1) is 6.58 Å². The number of benzene rings is 1. The summed E-state index contributed by atoms with van der Waals surface area (Å²) in [6, 6.07) is 6.15. The number of rotatable bonds is 10. The van der Waals surface area contributed by atoms with Crippen molar-refractivity contribution in [2.45, 2.75) is 18.7 Å². The Bertz CT molecular complexity index is 700. The molecule has 8 heteroatoms. The summed E-state index contributed by atoms with van der Waals surface area (Å²) in [6.45, 7) is 10.6. The van der Waals surface area contributed by atoms with Gasteiger partial charge in [0, 0.05) is 5.56 Å². The molecule has 0 fully saturated rings. The van der Waals surface area contributed by atoms with Crippen LogP contribution in [0, 0.1) is 0 Å². The fourth-order valence-corrected chi connectivity index (χ4v) is 4.28. The van der Waals surface area contributed by atoms with E-state index in [4.69, 9.17) is 13.6 Å². The number of sulfone groups is 1. The molecule has 0 N–H and O–H groups in total. The van der Waals surface area contributed by atoms with Gasteiger partial charge in [0.05, 0.1) is 23.9 Å². The summed E-state index contributed by atoms with van der Waals surface area (Å²) in [6.07, 6.45) is 1.29. The molecular weight excluding hydrogens is 339 g/mol. The quantitative estimate of drug-likeness (QED) is 0.359. The van der Waals surface area contributed by atoms with Crippen LogP contribution in [0.5, 0.6) is 0 Å². The Morgan fingerprint density at radius 1 is 1.22 bits per heavy atom. The van der Waals surface area contributed by atoms with Gasteiger partial charge in [-0.25, -0.2) is 13.0 Å². The van der Waals surface area contributed by atoms with Crippen molar-refractivity contribution in [2.24, 2.45) is 0 Å². The van der Waals surface area contributed by atoms with Gasteiger partial charge in [-0.2, -0.15) is 0 Å². The standard InChI is InChI=1S/C15H21O6PS/c1-5-12-23(17,18)15-11-9-8-10-14(15)13(4)21-22(16,19-6-2)20-7-3/h5,8-11H,1,4,6-7,12H2,2-3H3. The molecule has 0 unspecified atom stereocenters. The SMILES string of the molecule is C=CCS(=O)(=O)c1ccccc1C(=C)OP(=O)(OCC)OCC. The molecule has 0 aliphatic heterocycles. The molecule has 0 saturated heterocycles. The predicted molar refractivity (Wildman–Crippen MR) is 89.7 cm³/mol. The van der Waals surface area contributed by atoms with Gasteiger partial charge < -0.3 is 4.52 Å². The molecule has 0 spiro atoms. The van der Waals surface area contributed by atoms with Crippen LogP contribution < -0.4 is 0 Å². The first-order valence-corrected chi connectivity index (χ1v) is 10.1. The summed E-state index contributed by atoms with van der Waals surface area (Å²) >= 11 is 0. The normalized spacial score (nSPS) is 11.9. The Kier molecular flexibility index (Phi) is 7.22. The van der Waals surface area contributed by atoms with Gasteiger partial charge in [0.15, 0.2) is 9.84 Å². The van der Waals surface area contributed by atoms with E-state index >= 15 is 0 Å². The molecule has 128 valence electrons.